The second-order valence-corrected chi connectivity index (χ2v) is 6.33. The maximum atomic E-state index is 3.38. The molecule has 0 bridgehead atoms. The first-order valence-electron chi connectivity index (χ1n) is 8.21. The van der Waals surface area contributed by atoms with E-state index >= 15 is 0 Å². The van der Waals surface area contributed by atoms with Crippen LogP contribution in [0.25, 0.3) is 10.9 Å². The Morgan fingerprint density at radius 2 is 2.05 bits per heavy atom. The first-order valence-corrected chi connectivity index (χ1v) is 8.21. The average molecular weight is 290 g/mol. The van der Waals surface area contributed by atoms with Crippen LogP contribution >= 0.6 is 0 Å². The predicted octanol–water partition coefficient (Wildman–Crippen LogP) is 4.47. The summed E-state index contributed by atoms with van der Waals surface area (Å²) in [6, 6.07) is 15.5. The average Bonchev–Trinajstić information content (AvgIpc) is 2.96. The van der Waals surface area contributed by atoms with Gasteiger partial charge in [0.2, 0.25) is 0 Å². The Morgan fingerprint density at radius 3 is 3.00 bits per heavy atom. The number of aryl methyl sites for hydroxylation is 2. The number of H-pyrrole nitrogens is 1. The highest BCUT2D eigenvalue weighted by molar-refractivity contribution is 5.83. The van der Waals surface area contributed by atoms with Crippen molar-refractivity contribution in [2.24, 2.45) is 0 Å². The lowest BCUT2D eigenvalue weighted by atomic mass is 9.99. The Bertz CT molecular complexity index is 800. The van der Waals surface area contributed by atoms with Crippen molar-refractivity contribution in [1.29, 1.82) is 0 Å². The summed E-state index contributed by atoms with van der Waals surface area (Å²) in [6.45, 7) is 4.46. The predicted molar refractivity (Wildman–Crippen MR) is 93.7 cm³/mol. The van der Waals surface area contributed by atoms with E-state index in [2.05, 4.69) is 65.5 Å². The van der Waals surface area contributed by atoms with Gasteiger partial charge in [-0.25, -0.2) is 0 Å². The van der Waals surface area contributed by atoms with Crippen molar-refractivity contribution in [2.45, 2.75) is 26.2 Å². The number of rotatable bonds is 3. The second kappa shape index (κ2) is 5.53. The summed E-state index contributed by atoms with van der Waals surface area (Å²) < 4.78 is 0. The van der Waals surface area contributed by atoms with E-state index in [0.717, 1.165) is 13.0 Å². The minimum Gasteiger partial charge on any atom is -0.371 e. The fourth-order valence-electron chi connectivity index (χ4n) is 3.63. The van der Waals surface area contributed by atoms with Gasteiger partial charge in [-0.05, 0) is 49.4 Å². The first-order chi connectivity index (χ1) is 10.8. The number of hydrogen-bond acceptors (Lipinski definition) is 1. The van der Waals surface area contributed by atoms with E-state index in [1.807, 2.05) is 0 Å². The van der Waals surface area contributed by atoms with E-state index in [1.54, 1.807) is 0 Å². The van der Waals surface area contributed by atoms with E-state index in [1.165, 1.54) is 52.7 Å². The minimum absolute atomic E-state index is 1.09. The van der Waals surface area contributed by atoms with Crippen LogP contribution in [0.4, 0.5) is 5.69 Å². The normalized spacial score (nSPS) is 14.3. The van der Waals surface area contributed by atoms with Crippen molar-refractivity contribution >= 4 is 16.6 Å². The van der Waals surface area contributed by atoms with Crippen LogP contribution < -0.4 is 4.90 Å². The quantitative estimate of drug-likeness (QED) is 0.754. The molecule has 112 valence electrons. The number of hydrogen-bond donors (Lipinski definition) is 1. The third-order valence-electron chi connectivity index (χ3n) is 4.78. The number of aromatic amines is 1. The zero-order valence-electron chi connectivity index (χ0n) is 13.1. The summed E-state index contributed by atoms with van der Waals surface area (Å²) in [5.41, 5.74) is 7.00. The number of para-hydroxylation sites is 1. The van der Waals surface area contributed by atoms with Gasteiger partial charge < -0.3 is 9.88 Å². The SMILES string of the molecule is Cc1ccc2c(c1)CCCN2CCc1c[nH]c2ccccc12. The van der Waals surface area contributed by atoms with Crippen LogP contribution in [-0.2, 0) is 12.8 Å². The number of benzene rings is 2. The zero-order valence-corrected chi connectivity index (χ0v) is 13.1. The molecule has 1 aliphatic heterocycles. The summed E-state index contributed by atoms with van der Waals surface area (Å²) in [7, 11) is 0. The van der Waals surface area contributed by atoms with Gasteiger partial charge >= 0.3 is 0 Å². The standard InChI is InChI=1S/C20H22N2/c1-15-8-9-20-16(13-15)5-4-11-22(20)12-10-17-14-21-19-7-3-2-6-18(17)19/h2-3,6-9,13-14,21H,4-5,10-12H2,1H3. The van der Waals surface area contributed by atoms with E-state index in [-0.39, 0.29) is 0 Å². The highest BCUT2D eigenvalue weighted by atomic mass is 15.1. The highest BCUT2D eigenvalue weighted by Gasteiger charge is 2.16. The van der Waals surface area contributed by atoms with Crippen LogP contribution in [0.5, 0.6) is 0 Å². The van der Waals surface area contributed by atoms with Gasteiger partial charge in [0.1, 0.15) is 0 Å². The van der Waals surface area contributed by atoms with Crippen molar-refractivity contribution in [3.05, 3.63) is 65.4 Å². The van der Waals surface area contributed by atoms with Crippen molar-refractivity contribution < 1.29 is 0 Å². The molecular formula is C20H22N2. The molecule has 1 aromatic heterocycles. The molecule has 1 N–H and O–H groups in total. The van der Waals surface area contributed by atoms with E-state index in [0.29, 0.717) is 0 Å². The molecule has 0 saturated carbocycles. The molecule has 0 unspecified atom stereocenters. The molecule has 0 radical (unpaired) electrons. The Hall–Kier alpha value is -2.22. The molecule has 22 heavy (non-hydrogen) atoms. The second-order valence-electron chi connectivity index (χ2n) is 6.33. The highest BCUT2D eigenvalue weighted by Crippen LogP contribution is 2.28. The van der Waals surface area contributed by atoms with Crippen LogP contribution in [0.15, 0.2) is 48.7 Å². The largest absolute Gasteiger partial charge is 0.371 e. The maximum absolute atomic E-state index is 3.38. The molecule has 4 rings (SSSR count). The van der Waals surface area contributed by atoms with Crippen LogP contribution in [0.3, 0.4) is 0 Å². The smallest absolute Gasteiger partial charge is 0.0456 e. The molecule has 0 aliphatic carbocycles. The summed E-state index contributed by atoms with van der Waals surface area (Å²) >= 11 is 0. The molecule has 2 aromatic carbocycles. The molecule has 3 aromatic rings. The Morgan fingerprint density at radius 1 is 1.14 bits per heavy atom. The molecule has 2 heteroatoms. The first kappa shape index (κ1) is 13.4. The van der Waals surface area contributed by atoms with Gasteiger partial charge in [-0.1, -0.05) is 35.9 Å². The molecule has 0 amide bonds. The van der Waals surface area contributed by atoms with Gasteiger partial charge in [0.05, 0.1) is 0 Å². The molecular weight excluding hydrogens is 268 g/mol. The molecule has 0 saturated heterocycles. The number of aromatic nitrogens is 1. The fraction of sp³-hybridized carbons (Fsp3) is 0.300. The third kappa shape index (κ3) is 2.39. The Labute approximate surface area is 131 Å². The number of fused-ring (bicyclic) bond motifs is 2. The summed E-state index contributed by atoms with van der Waals surface area (Å²) in [5.74, 6) is 0. The maximum Gasteiger partial charge on any atom is 0.0456 e. The van der Waals surface area contributed by atoms with Crippen LogP contribution in [0.1, 0.15) is 23.1 Å². The van der Waals surface area contributed by atoms with Crippen molar-refractivity contribution in [3.8, 4) is 0 Å². The Balaban J connectivity index is 1.55. The summed E-state index contributed by atoms with van der Waals surface area (Å²) in [5, 5.41) is 1.36. The van der Waals surface area contributed by atoms with Gasteiger partial charge in [0.15, 0.2) is 0 Å². The Kier molecular flexibility index (Phi) is 3.38. The van der Waals surface area contributed by atoms with E-state index in [4.69, 9.17) is 0 Å². The van der Waals surface area contributed by atoms with E-state index < -0.39 is 0 Å². The molecule has 1 aliphatic rings. The lowest BCUT2D eigenvalue weighted by Crippen LogP contribution is -2.31. The lowest BCUT2D eigenvalue weighted by Gasteiger charge is -2.31. The number of nitrogens with zero attached hydrogens (tertiary/aromatic N) is 1. The number of nitrogens with one attached hydrogen (secondary N) is 1. The van der Waals surface area contributed by atoms with Crippen molar-refractivity contribution in [1.82, 2.24) is 4.98 Å². The van der Waals surface area contributed by atoms with Crippen molar-refractivity contribution in [2.75, 3.05) is 18.0 Å². The van der Waals surface area contributed by atoms with Gasteiger partial charge in [0, 0.05) is 35.9 Å². The van der Waals surface area contributed by atoms with Gasteiger partial charge in [0.25, 0.3) is 0 Å². The monoisotopic (exact) mass is 290 g/mol. The fourth-order valence-corrected chi connectivity index (χ4v) is 3.63. The lowest BCUT2D eigenvalue weighted by molar-refractivity contribution is 0.688. The van der Waals surface area contributed by atoms with Gasteiger partial charge in [-0.2, -0.15) is 0 Å². The van der Waals surface area contributed by atoms with Gasteiger partial charge in [-0.3, -0.25) is 0 Å². The zero-order chi connectivity index (χ0) is 14.9. The van der Waals surface area contributed by atoms with Crippen molar-refractivity contribution in [3.63, 3.8) is 0 Å². The molecule has 2 heterocycles. The molecule has 0 atom stereocenters. The summed E-state index contributed by atoms with van der Waals surface area (Å²) in [4.78, 5) is 5.94. The molecule has 0 fully saturated rings. The van der Waals surface area contributed by atoms with E-state index in [9.17, 15) is 0 Å². The van der Waals surface area contributed by atoms with Crippen LogP contribution in [-0.4, -0.2) is 18.1 Å². The molecule has 2 nitrogen and oxygen atoms in total. The topological polar surface area (TPSA) is 19.0 Å². The van der Waals surface area contributed by atoms with Crippen LogP contribution in [0.2, 0.25) is 0 Å². The van der Waals surface area contributed by atoms with Crippen LogP contribution in [0, 0.1) is 6.92 Å². The summed E-state index contributed by atoms with van der Waals surface area (Å²) in [6.07, 6.45) is 5.76. The number of anilines is 1. The minimum atomic E-state index is 1.09. The third-order valence-corrected chi connectivity index (χ3v) is 4.78. The van der Waals surface area contributed by atoms with Gasteiger partial charge in [-0.15, -0.1) is 0 Å². The molecule has 0 spiro atoms.